The molecule has 0 atom stereocenters. The molecule has 0 bridgehead atoms. The lowest BCUT2D eigenvalue weighted by molar-refractivity contribution is -0.120. The van der Waals surface area contributed by atoms with Gasteiger partial charge in [-0.1, -0.05) is 30.9 Å². The van der Waals surface area contributed by atoms with Gasteiger partial charge in [0.05, 0.1) is 0 Å². The molecule has 0 saturated heterocycles. The molecule has 5 nitrogen and oxygen atoms in total. The SMILES string of the molecule is C=CCOC(=O)NC(=O)CCNc1ccccc1. The number of para-hydroxylation sites is 1. The van der Waals surface area contributed by atoms with Gasteiger partial charge in [-0.2, -0.15) is 0 Å². The Morgan fingerprint density at radius 1 is 1.28 bits per heavy atom. The number of hydrogen-bond donors (Lipinski definition) is 2. The van der Waals surface area contributed by atoms with Crippen LogP contribution < -0.4 is 10.6 Å². The number of carbonyl (C=O) groups is 2. The Balaban J connectivity index is 2.17. The molecule has 0 heterocycles. The maximum atomic E-state index is 11.3. The van der Waals surface area contributed by atoms with Crippen molar-refractivity contribution in [2.45, 2.75) is 6.42 Å². The Morgan fingerprint density at radius 3 is 2.67 bits per heavy atom. The number of imide groups is 1. The minimum absolute atomic E-state index is 0.0847. The topological polar surface area (TPSA) is 67.4 Å². The van der Waals surface area contributed by atoms with Crippen molar-refractivity contribution in [3.8, 4) is 0 Å². The number of hydrogen-bond acceptors (Lipinski definition) is 4. The van der Waals surface area contributed by atoms with Crippen LogP contribution in [-0.2, 0) is 9.53 Å². The minimum atomic E-state index is -0.750. The number of benzene rings is 1. The van der Waals surface area contributed by atoms with Gasteiger partial charge in [-0.15, -0.1) is 0 Å². The quantitative estimate of drug-likeness (QED) is 0.755. The van der Waals surface area contributed by atoms with Gasteiger partial charge in [-0.3, -0.25) is 10.1 Å². The fourth-order valence-corrected chi connectivity index (χ4v) is 1.22. The van der Waals surface area contributed by atoms with Crippen LogP contribution in [0.3, 0.4) is 0 Å². The van der Waals surface area contributed by atoms with Gasteiger partial charge < -0.3 is 10.1 Å². The van der Waals surface area contributed by atoms with Crippen LogP contribution in [0.5, 0.6) is 0 Å². The maximum absolute atomic E-state index is 11.3. The van der Waals surface area contributed by atoms with E-state index in [1.54, 1.807) is 0 Å². The zero-order chi connectivity index (χ0) is 13.2. The molecule has 0 aromatic heterocycles. The summed E-state index contributed by atoms with van der Waals surface area (Å²) >= 11 is 0. The number of alkyl carbamates (subject to hydrolysis) is 1. The molecule has 1 aromatic carbocycles. The van der Waals surface area contributed by atoms with Gasteiger partial charge in [-0.05, 0) is 12.1 Å². The number of amides is 2. The predicted octanol–water partition coefficient (Wildman–Crippen LogP) is 1.93. The van der Waals surface area contributed by atoms with Gasteiger partial charge in [0.1, 0.15) is 6.61 Å². The zero-order valence-electron chi connectivity index (χ0n) is 10.0. The monoisotopic (exact) mass is 248 g/mol. The highest BCUT2D eigenvalue weighted by Gasteiger charge is 2.07. The third-order valence-corrected chi connectivity index (χ3v) is 2.03. The summed E-state index contributed by atoms with van der Waals surface area (Å²) in [6, 6.07) is 9.50. The molecule has 0 fully saturated rings. The summed E-state index contributed by atoms with van der Waals surface area (Å²) in [7, 11) is 0. The van der Waals surface area contributed by atoms with Crippen LogP contribution in [0.1, 0.15) is 6.42 Å². The van der Waals surface area contributed by atoms with E-state index >= 15 is 0 Å². The first-order valence-corrected chi connectivity index (χ1v) is 5.59. The van der Waals surface area contributed by atoms with Gasteiger partial charge in [0.25, 0.3) is 0 Å². The van der Waals surface area contributed by atoms with Gasteiger partial charge >= 0.3 is 6.09 Å². The molecule has 1 aromatic rings. The summed E-state index contributed by atoms with van der Waals surface area (Å²) in [5, 5.41) is 5.18. The van der Waals surface area contributed by atoms with Crippen LogP contribution in [0.2, 0.25) is 0 Å². The fourth-order valence-electron chi connectivity index (χ4n) is 1.22. The molecule has 0 aliphatic rings. The van der Waals surface area contributed by atoms with E-state index in [9.17, 15) is 9.59 Å². The van der Waals surface area contributed by atoms with Gasteiger partial charge in [-0.25, -0.2) is 4.79 Å². The number of rotatable bonds is 6. The smallest absolute Gasteiger partial charge is 0.414 e. The summed E-state index contributed by atoms with van der Waals surface area (Å²) in [6.07, 6.45) is 0.874. The second-order valence-corrected chi connectivity index (χ2v) is 3.48. The lowest BCUT2D eigenvalue weighted by Gasteiger charge is -2.06. The molecule has 0 saturated carbocycles. The molecular formula is C13H16N2O3. The Hall–Kier alpha value is -2.30. The molecule has 0 radical (unpaired) electrons. The molecule has 2 N–H and O–H groups in total. The van der Waals surface area contributed by atoms with Crippen molar-refractivity contribution < 1.29 is 14.3 Å². The second kappa shape index (κ2) is 7.89. The molecule has 5 heteroatoms. The van der Waals surface area contributed by atoms with E-state index in [1.807, 2.05) is 30.3 Å². The van der Waals surface area contributed by atoms with E-state index in [1.165, 1.54) is 6.08 Å². The highest BCUT2D eigenvalue weighted by atomic mass is 16.5. The largest absolute Gasteiger partial charge is 0.445 e. The van der Waals surface area contributed by atoms with Crippen molar-refractivity contribution in [2.24, 2.45) is 0 Å². The van der Waals surface area contributed by atoms with Crippen LogP contribution in [0.25, 0.3) is 0 Å². The number of nitrogens with one attached hydrogen (secondary N) is 2. The van der Waals surface area contributed by atoms with Crippen LogP contribution in [-0.4, -0.2) is 25.2 Å². The highest BCUT2D eigenvalue weighted by molar-refractivity contribution is 5.91. The van der Waals surface area contributed by atoms with Crippen molar-refractivity contribution in [1.29, 1.82) is 0 Å². The average molecular weight is 248 g/mol. The van der Waals surface area contributed by atoms with E-state index in [2.05, 4.69) is 21.9 Å². The molecule has 0 spiro atoms. The normalized spacial score (nSPS) is 9.33. The maximum Gasteiger partial charge on any atom is 0.414 e. The van der Waals surface area contributed by atoms with Crippen molar-refractivity contribution >= 4 is 17.7 Å². The lowest BCUT2D eigenvalue weighted by Crippen LogP contribution is -2.32. The fraction of sp³-hybridized carbons (Fsp3) is 0.231. The summed E-state index contributed by atoms with van der Waals surface area (Å²) in [5.41, 5.74) is 0.930. The van der Waals surface area contributed by atoms with E-state index in [0.29, 0.717) is 6.54 Å². The first kappa shape index (κ1) is 13.8. The first-order chi connectivity index (χ1) is 8.72. The van der Waals surface area contributed by atoms with E-state index in [-0.39, 0.29) is 18.9 Å². The second-order valence-electron chi connectivity index (χ2n) is 3.48. The Kier molecular flexibility index (Phi) is 6.03. The molecule has 0 unspecified atom stereocenters. The molecule has 0 aliphatic carbocycles. The van der Waals surface area contributed by atoms with Gasteiger partial charge in [0.15, 0.2) is 0 Å². The molecule has 2 amide bonds. The van der Waals surface area contributed by atoms with Crippen LogP contribution in [0.15, 0.2) is 43.0 Å². The van der Waals surface area contributed by atoms with E-state index in [4.69, 9.17) is 0 Å². The molecule has 1 rings (SSSR count). The summed E-state index contributed by atoms with van der Waals surface area (Å²) < 4.78 is 4.62. The molecular weight excluding hydrogens is 232 g/mol. The van der Waals surface area contributed by atoms with E-state index in [0.717, 1.165) is 5.69 Å². The van der Waals surface area contributed by atoms with Crippen molar-refractivity contribution in [2.75, 3.05) is 18.5 Å². The van der Waals surface area contributed by atoms with Crippen molar-refractivity contribution in [3.63, 3.8) is 0 Å². The van der Waals surface area contributed by atoms with Crippen LogP contribution in [0, 0.1) is 0 Å². The number of carbonyl (C=O) groups excluding carboxylic acids is 2. The third kappa shape index (κ3) is 5.69. The van der Waals surface area contributed by atoms with Gasteiger partial charge in [0, 0.05) is 18.7 Å². The average Bonchev–Trinajstić information content (AvgIpc) is 2.37. The van der Waals surface area contributed by atoms with Crippen LogP contribution >= 0.6 is 0 Å². The molecule has 0 aliphatic heterocycles. The number of ether oxygens (including phenoxy) is 1. The van der Waals surface area contributed by atoms with Crippen molar-refractivity contribution in [3.05, 3.63) is 43.0 Å². The predicted molar refractivity (Wildman–Crippen MR) is 69.2 cm³/mol. The Labute approximate surface area is 106 Å². The summed E-state index contributed by atoms with van der Waals surface area (Å²) in [5.74, 6) is -0.382. The van der Waals surface area contributed by atoms with Crippen LogP contribution in [0.4, 0.5) is 10.5 Å². The zero-order valence-corrected chi connectivity index (χ0v) is 10.0. The summed E-state index contributed by atoms with van der Waals surface area (Å²) in [4.78, 5) is 22.4. The standard InChI is InChI=1S/C13H16N2O3/c1-2-10-18-13(17)15-12(16)8-9-14-11-6-4-3-5-7-11/h2-7,14H,1,8-10H2,(H,15,16,17). The lowest BCUT2D eigenvalue weighted by atomic mass is 10.3. The third-order valence-electron chi connectivity index (χ3n) is 2.03. The Bertz CT molecular complexity index is 404. The first-order valence-electron chi connectivity index (χ1n) is 5.59. The summed E-state index contributed by atoms with van der Waals surface area (Å²) in [6.45, 7) is 3.93. The van der Waals surface area contributed by atoms with E-state index < -0.39 is 6.09 Å². The minimum Gasteiger partial charge on any atom is -0.445 e. The highest BCUT2D eigenvalue weighted by Crippen LogP contribution is 2.04. The molecule has 96 valence electrons. The molecule has 18 heavy (non-hydrogen) atoms. The number of anilines is 1. The van der Waals surface area contributed by atoms with Gasteiger partial charge in [0.2, 0.25) is 5.91 Å². The van der Waals surface area contributed by atoms with Crippen molar-refractivity contribution in [1.82, 2.24) is 5.32 Å². The Morgan fingerprint density at radius 2 is 2.00 bits per heavy atom.